The molecule has 2 aliphatic carbocycles. The fraction of sp³-hybridized carbons (Fsp3) is 0.364. The first-order valence-corrected chi connectivity index (χ1v) is 21.5. The predicted molar refractivity (Wildman–Crippen MR) is 239 cm³/mol. The van der Waals surface area contributed by atoms with Gasteiger partial charge in [-0.15, -0.1) is 20.4 Å². The van der Waals surface area contributed by atoms with Crippen LogP contribution in [0.2, 0.25) is 5.15 Å². The Morgan fingerprint density at radius 1 is 0.758 bits per heavy atom. The number of nitrogens with two attached hydrogens (primary N) is 1. The van der Waals surface area contributed by atoms with Crippen LogP contribution in [0.5, 0.6) is 5.75 Å². The maximum Gasteiger partial charge on any atom is 0.257 e. The Kier molecular flexibility index (Phi) is 14.2. The Balaban J connectivity index is 0.000000174. The molecular formula is C44H48ClIN15O5-. The second kappa shape index (κ2) is 19.9. The number of carbonyl (C=O) groups is 4. The molecule has 2 saturated carbocycles. The van der Waals surface area contributed by atoms with Crippen LogP contribution in [0.25, 0.3) is 22.8 Å². The number of nitrogens with zero attached hydrogens (tertiary/aromatic N) is 12. The fourth-order valence-electron chi connectivity index (χ4n) is 7.68. The average Bonchev–Trinajstić information content (AvgIpc) is 4.18. The number of amides is 3. The molecular weight excluding hydrogens is 981 g/mol. The van der Waals surface area contributed by atoms with Gasteiger partial charge in [-0.3, -0.25) is 24.2 Å². The second-order valence-corrected chi connectivity index (χ2v) is 16.6. The standard InChI is InChI=1S/C22H23N7O3.C18H18ClN7O.C4H7NO.HI/c1-28-11-17-19(22(28)31)16(9-13(23-17)10-18(30)12-7-8-12)24-15-6-4-5-14(20(15)32-3)21-25-27-29(2)26-21;1-4-10-11(17-22-24-26(3)23-17)6-5-7-12(10)20-13-8-15(19)21-14-9-25(2)18(27)16(13)14;5-4(6)3-1-2-3;/h4-6,9,12H,7-8,10-11H2,1-3H3,(H,23,24);5-8H,4,9H2,1-3H3,(H,20,21);3H,1-2H2,(H2,5,6);1H/p-1. The summed E-state index contributed by atoms with van der Waals surface area (Å²) in [5.74, 6) is 1.81. The summed E-state index contributed by atoms with van der Waals surface area (Å²) in [5, 5.41) is 31.7. The van der Waals surface area contributed by atoms with Crippen LogP contribution in [-0.4, -0.2) is 105 Å². The Morgan fingerprint density at radius 2 is 1.29 bits per heavy atom. The van der Waals surface area contributed by atoms with Gasteiger partial charge >= 0.3 is 0 Å². The number of Topliss-reactive ketones (excluding diaryl/α,β-unsaturated/α-hetero) is 1. The topological polar surface area (TPSA) is 247 Å². The van der Waals surface area contributed by atoms with Crippen molar-refractivity contribution in [3.05, 3.63) is 87.5 Å². The van der Waals surface area contributed by atoms with Gasteiger partial charge in [0.1, 0.15) is 10.9 Å². The first kappa shape index (κ1) is 47.3. The third-order valence-electron chi connectivity index (χ3n) is 11.3. The monoisotopic (exact) mass is 1030 g/mol. The van der Waals surface area contributed by atoms with Gasteiger partial charge in [-0.25, -0.2) is 4.98 Å². The number of hydrogen-bond acceptors (Lipinski definition) is 15. The number of primary amides is 1. The van der Waals surface area contributed by atoms with Gasteiger partial charge in [-0.2, -0.15) is 9.59 Å². The van der Waals surface area contributed by atoms with Crippen LogP contribution in [0.4, 0.5) is 22.7 Å². The molecule has 66 heavy (non-hydrogen) atoms. The second-order valence-electron chi connectivity index (χ2n) is 16.2. The molecule has 6 aromatic rings. The molecule has 4 aliphatic rings. The van der Waals surface area contributed by atoms with Crippen molar-refractivity contribution in [3.63, 3.8) is 0 Å². The van der Waals surface area contributed by atoms with Crippen molar-refractivity contribution in [3.8, 4) is 28.5 Å². The number of halogens is 2. The molecule has 2 aromatic carbocycles. The van der Waals surface area contributed by atoms with E-state index in [1.165, 1.54) is 9.59 Å². The van der Waals surface area contributed by atoms with E-state index < -0.39 is 0 Å². The number of aryl methyl sites for hydroxylation is 2. The smallest absolute Gasteiger partial charge is 0.257 e. The largest absolute Gasteiger partial charge is 1.00 e. The zero-order valence-electron chi connectivity index (χ0n) is 37.2. The van der Waals surface area contributed by atoms with Gasteiger partial charge in [0, 0.05) is 43.6 Å². The van der Waals surface area contributed by atoms with E-state index in [2.05, 4.69) is 58.3 Å². The number of ether oxygens (including phenoxy) is 1. The van der Waals surface area contributed by atoms with Crippen LogP contribution in [0.15, 0.2) is 48.5 Å². The zero-order chi connectivity index (χ0) is 46.1. The number of ketones is 1. The first-order chi connectivity index (χ1) is 31.2. The molecule has 0 saturated heterocycles. The van der Waals surface area contributed by atoms with Crippen molar-refractivity contribution in [2.24, 2.45) is 31.7 Å². The molecule has 0 spiro atoms. The molecule has 4 aromatic heterocycles. The van der Waals surface area contributed by atoms with E-state index in [4.69, 9.17) is 22.1 Å². The zero-order valence-corrected chi connectivity index (χ0v) is 40.1. The summed E-state index contributed by atoms with van der Waals surface area (Å²) < 4.78 is 5.67. The van der Waals surface area contributed by atoms with Crippen molar-refractivity contribution in [1.29, 1.82) is 0 Å². The number of anilines is 4. The number of rotatable bonds is 12. The van der Waals surface area contributed by atoms with E-state index in [0.29, 0.717) is 86.5 Å². The lowest BCUT2D eigenvalue weighted by Crippen LogP contribution is -3.00. The summed E-state index contributed by atoms with van der Waals surface area (Å²) in [4.78, 5) is 62.7. The molecule has 4 N–H and O–H groups in total. The summed E-state index contributed by atoms with van der Waals surface area (Å²) in [7, 11) is 8.48. The van der Waals surface area contributed by atoms with Gasteiger partial charge < -0.3 is 54.9 Å². The molecule has 0 bridgehead atoms. The van der Waals surface area contributed by atoms with Crippen molar-refractivity contribution in [1.82, 2.24) is 60.2 Å². The van der Waals surface area contributed by atoms with Crippen LogP contribution >= 0.6 is 11.6 Å². The predicted octanol–water partition coefficient (Wildman–Crippen LogP) is 1.83. The highest BCUT2D eigenvalue weighted by atomic mass is 127. The van der Waals surface area contributed by atoms with Crippen LogP contribution in [0.3, 0.4) is 0 Å². The number of tetrazole rings is 2. The molecule has 0 radical (unpaired) electrons. The first-order valence-electron chi connectivity index (χ1n) is 21.1. The number of hydrogen-bond donors (Lipinski definition) is 3. The van der Waals surface area contributed by atoms with Crippen molar-refractivity contribution >= 4 is 57.9 Å². The average molecular weight is 1030 g/mol. The number of pyridine rings is 2. The number of methoxy groups -OCH3 is 1. The maximum absolute atomic E-state index is 12.8. The number of fused-ring (bicyclic) bond motifs is 2. The summed E-state index contributed by atoms with van der Waals surface area (Å²) >= 11 is 6.18. The molecule has 2 aliphatic heterocycles. The molecule has 2 fully saturated rings. The van der Waals surface area contributed by atoms with Gasteiger partial charge in [0.15, 0.2) is 5.75 Å². The lowest BCUT2D eigenvalue weighted by Gasteiger charge is -2.16. The summed E-state index contributed by atoms with van der Waals surface area (Å²) in [6.45, 7) is 2.92. The Bertz CT molecular complexity index is 2840. The summed E-state index contributed by atoms with van der Waals surface area (Å²) in [6.07, 6.45) is 4.98. The molecule has 0 unspecified atom stereocenters. The van der Waals surface area contributed by atoms with E-state index in [0.717, 1.165) is 48.9 Å². The minimum atomic E-state index is -0.130. The number of nitrogens with one attached hydrogen (secondary N) is 2. The van der Waals surface area contributed by atoms with Crippen molar-refractivity contribution < 1.29 is 47.9 Å². The summed E-state index contributed by atoms with van der Waals surface area (Å²) in [6, 6.07) is 14.9. The lowest BCUT2D eigenvalue weighted by atomic mass is 10.0. The van der Waals surface area contributed by atoms with E-state index in [1.807, 2.05) is 36.4 Å². The van der Waals surface area contributed by atoms with Gasteiger partial charge in [0.25, 0.3) is 11.8 Å². The third kappa shape index (κ3) is 10.3. The van der Waals surface area contributed by atoms with Crippen LogP contribution in [0, 0.1) is 11.8 Å². The number of para-hydroxylation sites is 1. The van der Waals surface area contributed by atoms with Crippen LogP contribution < -0.4 is 45.1 Å². The lowest BCUT2D eigenvalue weighted by molar-refractivity contribution is -0.120. The number of aromatic nitrogens is 10. The normalized spacial score (nSPS) is 14.6. The fourth-order valence-corrected chi connectivity index (χ4v) is 7.89. The van der Waals surface area contributed by atoms with E-state index in [-0.39, 0.29) is 65.7 Å². The highest BCUT2D eigenvalue weighted by Gasteiger charge is 2.34. The minimum Gasteiger partial charge on any atom is -1.00 e. The molecule has 3 amide bonds. The van der Waals surface area contributed by atoms with Gasteiger partial charge in [0.05, 0.1) is 85.1 Å². The highest BCUT2D eigenvalue weighted by molar-refractivity contribution is 6.30. The molecule has 0 atom stereocenters. The van der Waals surface area contributed by atoms with E-state index >= 15 is 0 Å². The summed E-state index contributed by atoms with van der Waals surface area (Å²) in [5.41, 5.74) is 13.3. The third-order valence-corrected chi connectivity index (χ3v) is 11.5. The Hall–Kier alpha value is -6.62. The molecule has 344 valence electrons. The number of carbonyl (C=O) groups excluding carboxylic acids is 4. The molecule has 20 nitrogen and oxygen atoms in total. The minimum absolute atomic E-state index is 0. The Labute approximate surface area is 402 Å². The van der Waals surface area contributed by atoms with E-state index in [9.17, 15) is 19.2 Å². The van der Waals surface area contributed by atoms with Crippen molar-refractivity contribution in [2.75, 3.05) is 31.8 Å². The van der Waals surface area contributed by atoms with E-state index in [1.54, 1.807) is 57.2 Å². The maximum atomic E-state index is 12.8. The van der Waals surface area contributed by atoms with Gasteiger partial charge in [-0.05, 0) is 78.4 Å². The van der Waals surface area contributed by atoms with Crippen LogP contribution in [-0.2, 0) is 49.6 Å². The van der Waals surface area contributed by atoms with Crippen LogP contribution in [0.1, 0.15) is 76.0 Å². The quantitative estimate of drug-likeness (QED) is 0.117. The number of benzene rings is 2. The highest BCUT2D eigenvalue weighted by Crippen LogP contribution is 2.40. The van der Waals surface area contributed by atoms with Gasteiger partial charge in [0.2, 0.25) is 17.6 Å². The molecule has 10 rings (SSSR count). The molecule has 6 heterocycles. The molecule has 22 heteroatoms. The van der Waals surface area contributed by atoms with Crippen molar-refractivity contribution in [2.45, 2.75) is 58.5 Å². The Morgan fingerprint density at radius 3 is 1.80 bits per heavy atom. The SMILES string of the molecule is CCc1c(Nc2cc(Cl)nc3c2C(=O)N(C)C3)cccc1-c1nnn(C)n1.COc1c(Nc2cc(CC(=O)C3CC3)nc3c2C(=O)N(C)C3)cccc1-c1nnn(C)n1.NC(=O)C1CC1.[I-]. The van der Waals surface area contributed by atoms with Gasteiger partial charge in [-0.1, -0.05) is 36.7 Å².